The molecule has 19 heavy (non-hydrogen) atoms. The average Bonchev–Trinajstić information content (AvgIpc) is 2.86. The molecule has 0 aromatic carbocycles. The molecule has 1 fully saturated rings. The van der Waals surface area contributed by atoms with Crippen molar-refractivity contribution >= 4 is 0 Å². The summed E-state index contributed by atoms with van der Waals surface area (Å²) in [5, 5.41) is 3.80. The van der Waals surface area contributed by atoms with E-state index in [1.807, 2.05) is 0 Å². The van der Waals surface area contributed by atoms with Crippen molar-refractivity contribution in [2.75, 3.05) is 0 Å². The molecule has 4 aliphatic rings. The molecule has 4 rings (SSSR count). The van der Waals surface area contributed by atoms with Gasteiger partial charge in [-0.05, 0) is 36.8 Å². The van der Waals surface area contributed by atoms with Gasteiger partial charge in [0.2, 0.25) is 0 Å². The number of rotatable bonds is 1. The van der Waals surface area contributed by atoms with Crippen molar-refractivity contribution in [2.45, 2.75) is 37.8 Å². The molecule has 98 valence electrons. The fourth-order valence-corrected chi connectivity index (χ4v) is 4.01. The highest BCUT2D eigenvalue weighted by molar-refractivity contribution is 5.44. The molecule has 0 saturated carbocycles. The smallest absolute Gasteiger partial charge is 0.0325 e. The molecular formula is C18H21N. The Labute approximate surface area is 115 Å². The van der Waals surface area contributed by atoms with Crippen LogP contribution in [0.5, 0.6) is 0 Å². The van der Waals surface area contributed by atoms with Crippen molar-refractivity contribution in [1.82, 2.24) is 5.32 Å². The molecule has 1 N–H and O–H groups in total. The van der Waals surface area contributed by atoms with Gasteiger partial charge in [0, 0.05) is 23.9 Å². The molecule has 1 heteroatoms. The second-order valence-electron chi connectivity index (χ2n) is 6.09. The lowest BCUT2D eigenvalue weighted by molar-refractivity contribution is 0.437. The molecule has 1 saturated heterocycles. The number of hydrogen-bond acceptors (Lipinski definition) is 1. The normalized spacial score (nSPS) is 39.6. The van der Waals surface area contributed by atoms with Gasteiger partial charge in [-0.2, -0.15) is 0 Å². The Hall–Kier alpha value is -1.34. The molecule has 0 bridgehead atoms. The quantitative estimate of drug-likeness (QED) is 0.749. The van der Waals surface area contributed by atoms with Gasteiger partial charge in [0.15, 0.2) is 0 Å². The fraction of sp³-hybridized carbons (Fsp3) is 0.444. The van der Waals surface area contributed by atoms with Gasteiger partial charge in [-0.1, -0.05) is 48.6 Å². The summed E-state index contributed by atoms with van der Waals surface area (Å²) >= 11 is 0. The first-order valence-corrected chi connectivity index (χ1v) is 7.61. The molecule has 0 radical (unpaired) electrons. The van der Waals surface area contributed by atoms with Crippen LogP contribution in [0.15, 0.2) is 59.8 Å². The van der Waals surface area contributed by atoms with Crippen LogP contribution in [0.1, 0.15) is 25.7 Å². The minimum absolute atomic E-state index is 0.562. The maximum atomic E-state index is 3.80. The van der Waals surface area contributed by atoms with E-state index in [9.17, 15) is 0 Å². The van der Waals surface area contributed by atoms with Crippen LogP contribution in [0, 0.1) is 11.8 Å². The second-order valence-corrected chi connectivity index (χ2v) is 6.09. The van der Waals surface area contributed by atoms with E-state index in [1.54, 1.807) is 5.57 Å². The zero-order chi connectivity index (χ0) is 12.7. The Morgan fingerprint density at radius 2 is 2.00 bits per heavy atom. The standard InChI is InChI=1S/C18H21N/c1-2-6-13(7-3-1)14-10-11-18-16(12-14)15-8-4-5-9-17(15)19-18/h2,4-9,12,15-19H,1,3,10-11H2. The maximum Gasteiger partial charge on any atom is 0.0325 e. The summed E-state index contributed by atoms with van der Waals surface area (Å²) in [4.78, 5) is 0. The minimum atomic E-state index is 0.562. The molecular weight excluding hydrogens is 230 g/mol. The van der Waals surface area contributed by atoms with Crippen molar-refractivity contribution < 1.29 is 0 Å². The monoisotopic (exact) mass is 251 g/mol. The summed E-state index contributed by atoms with van der Waals surface area (Å²) in [6.07, 6.45) is 23.7. The molecule has 4 unspecified atom stereocenters. The lowest BCUT2D eigenvalue weighted by Gasteiger charge is -2.27. The van der Waals surface area contributed by atoms with E-state index >= 15 is 0 Å². The summed E-state index contributed by atoms with van der Waals surface area (Å²) in [6, 6.07) is 1.24. The predicted molar refractivity (Wildman–Crippen MR) is 79.7 cm³/mol. The highest BCUT2D eigenvalue weighted by Gasteiger charge is 2.41. The van der Waals surface area contributed by atoms with Gasteiger partial charge in [0.05, 0.1) is 0 Å². The van der Waals surface area contributed by atoms with Crippen LogP contribution in [0.3, 0.4) is 0 Å². The molecule has 0 amide bonds. The van der Waals surface area contributed by atoms with Crippen LogP contribution in [-0.4, -0.2) is 12.1 Å². The Balaban J connectivity index is 1.63. The first-order chi connectivity index (χ1) is 9.42. The second kappa shape index (κ2) is 4.64. The van der Waals surface area contributed by atoms with E-state index in [0.717, 1.165) is 0 Å². The van der Waals surface area contributed by atoms with Crippen molar-refractivity contribution in [3.63, 3.8) is 0 Å². The average molecular weight is 251 g/mol. The highest BCUT2D eigenvalue weighted by Crippen LogP contribution is 2.40. The third-order valence-corrected chi connectivity index (χ3v) is 4.98. The van der Waals surface area contributed by atoms with Gasteiger partial charge in [0.1, 0.15) is 0 Å². The number of nitrogens with one attached hydrogen (secondary N) is 1. The summed E-state index contributed by atoms with van der Waals surface area (Å²) < 4.78 is 0. The zero-order valence-corrected chi connectivity index (χ0v) is 11.3. The highest BCUT2D eigenvalue weighted by atomic mass is 15.0. The summed E-state index contributed by atoms with van der Waals surface area (Å²) in [7, 11) is 0. The van der Waals surface area contributed by atoms with Gasteiger partial charge < -0.3 is 5.32 Å². The van der Waals surface area contributed by atoms with Crippen molar-refractivity contribution in [3.05, 3.63) is 59.8 Å². The van der Waals surface area contributed by atoms with Gasteiger partial charge in [-0.25, -0.2) is 0 Å². The van der Waals surface area contributed by atoms with E-state index < -0.39 is 0 Å². The van der Waals surface area contributed by atoms with Crippen LogP contribution in [0.4, 0.5) is 0 Å². The summed E-state index contributed by atoms with van der Waals surface area (Å²) in [6.45, 7) is 0. The lowest BCUT2D eigenvalue weighted by atomic mass is 9.77. The van der Waals surface area contributed by atoms with E-state index in [1.165, 1.54) is 31.3 Å². The first-order valence-electron chi connectivity index (χ1n) is 7.61. The predicted octanol–water partition coefficient (Wildman–Crippen LogP) is 3.68. The molecule has 3 aliphatic carbocycles. The molecule has 0 aromatic heterocycles. The van der Waals surface area contributed by atoms with Crippen LogP contribution < -0.4 is 5.32 Å². The van der Waals surface area contributed by atoms with Crippen LogP contribution in [0.2, 0.25) is 0 Å². The van der Waals surface area contributed by atoms with Crippen LogP contribution >= 0.6 is 0 Å². The Morgan fingerprint density at radius 3 is 2.89 bits per heavy atom. The topological polar surface area (TPSA) is 12.0 Å². The Kier molecular flexibility index (Phi) is 2.81. The zero-order valence-electron chi connectivity index (χ0n) is 11.3. The van der Waals surface area contributed by atoms with E-state index in [-0.39, 0.29) is 0 Å². The van der Waals surface area contributed by atoms with Crippen molar-refractivity contribution in [2.24, 2.45) is 11.8 Å². The van der Waals surface area contributed by atoms with E-state index in [2.05, 4.69) is 53.9 Å². The molecule has 4 atom stereocenters. The number of hydrogen-bond donors (Lipinski definition) is 1. The number of allylic oxidation sites excluding steroid dienone is 7. The first kappa shape index (κ1) is 11.5. The minimum Gasteiger partial charge on any atom is -0.307 e. The Bertz CT molecular complexity index is 518. The molecule has 1 nitrogen and oxygen atoms in total. The van der Waals surface area contributed by atoms with Gasteiger partial charge >= 0.3 is 0 Å². The fourth-order valence-electron chi connectivity index (χ4n) is 4.01. The molecule has 1 aliphatic heterocycles. The van der Waals surface area contributed by atoms with E-state index in [0.29, 0.717) is 23.9 Å². The van der Waals surface area contributed by atoms with Crippen LogP contribution in [-0.2, 0) is 0 Å². The molecule has 0 spiro atoms. The third kappa shape index (κ3) is 1.97. The van der Waals surface area contributed by atoms with Gasteiger partial charge in [-0.3, -0.25) is 0 Å². The lowest BCUT2D eigenvalue weighted by Crippen LogP contribution is -2.32. The maximum absolute atomic E-state index is 3.80. The largest absolute Gasteiger partial charge is 0.307 e. The van der Waals surface area contributed by atoms with Crippen molar-refractivity contribution in [1.29, 1.82) is 0 Å². The molecule has 1 heterocycles. The number of fused-ring (bicyclic) bond motifs is 3. The van der Waals surface area contributed by atoms with Gasteiger partial charge in [0.25, 0.3) is 0 Å². The SMILES string of the molecule is C1=CC2NC3CCC(C4=CCCC=C4)=CC3C2C=C1. The van der Waals surface area contributed by atoms with E-state index in [4.69, 9.17) is 0 Å². The Morgan fingerprint density at radius 1 is 1.05 bits per heavy atom. The third-order valence-electron chi connectivity index (χ3n) is 4.98. The van der Waals surface area contributed by atoms with Crippen LogP contribution in [0.25, 0.3) is 0 Å². The molecule has 0 aromatic rings. The summed E-state index contributed by atoms with van der Waals surface area (Å²) in [5.41, 5.74) is 3.08. The summed E-state index contributed by atoms with van der Waals surface area (Å²) in [5.74, 6) is 1.35. The van der Waals surface area contributed by atoms with Gasteiger partial charge in [-0.15, -0.1) is 0 Å². The van der Waals surface area contributed by atoms with Crippen molar-refractivity contribution in [3.8, 4) is 0 Å².